The third kappa shape index (κ3) is 4.88. The van der Waals surface area contributed by atoms with Crippen LogP contribution in [0, 0.1) is 0 Å². The van der Waals surface area contributed by atoms with E-state index < -0.39 is 0 Å². The van der Waals surface area contributed by atoms with Gasteiger partial charge in [-0.05, 0) is 23.3 Å². The fourth-order valence-corrected chi connectivity index (χ4v) is 1.03. The molecule has 9 heavy (non-hydrogen) atoms. The van der Waals surface area contributed by atoms with Gasteiger partial charge in [-0.25, -0.2) is 0 Å². The van der Waals surface area contributed by atoms with Gasteiger partial charge >= 0.3 is 0 Å². The second kappa shape index (κ2) is 5.21. The van der Waals surface area contributed by atoms with Crippen LogP contribution in [0.25, 0.3) is 0 Å². The minimum atomic E-state index is 0.0702. The molecule has 0 aliphatic rings. The fourth-order valence-electron chi connectivity index (χ4n) is 0.411. The zero-order valence-corrected chi connectivity index (χ0v) is 7.34. The second-order valence-electron chi connectivity index (χ2n) is 1.88. The van der Waals surface area contributed by atoms with Crippen molar-refractivity contribution in [3.63, 3.8) is 0 Å². The van der Waals surface area contributed by atoms with Crippen molar-refractivity contribution in [1.82, 2.24) is 0 Å². The average molecular weight is 163 g/mol. The van der Waals surface area contributed by atoms with Gasteiger partial charge in [-0.1, -0.05) is 6.58 Å². The summed E-state index contributed by atoms with van der Waals surface area (Å²) in [5.41, 5.74) is 5.61. The largest absolute Gasteiger partial charge is 0.324 e. The monoisotopic (exact) mass is 163 g/mol. The molecule has 0 bridgehead atoms. The Bertz CT molecular complexity index is 93.1. The summed E-state index contributed by atoms with van der Waals surface area (Å²) in [5, 5.41) is 0. The van der Waals surface area contributed by atoms with Crippen LogP contribution in [-0.2, 0) is 0 Å². The SMILES string of the molecule is C=C(S)[C@@H](N)CCSC. The highest BCUT2D eigenvalue weighted by molar-refractivity contribution is 7.98. The highest BCUT2D eigenvalue weighted by Crippen LogP contribution is 2.07. The average Bonchev–Trinajstić information content (AvgIpc) is 1.82. The Hall–Kier alpha value is 0.400. The van der Waals surface area contributed by atoms with E-state index in [-0.39, 0.29) is 6.04 Å². The lowest BCUT2D eigenvalue weighted by atomic mass is 10.2. The van der Waals surface area contributed by atoms with Gasteiger partial charge in [-0.3, -0.25) is 0 Å². The van der Waals surface area contributed by atoms with Crippen LogP contribution < -0.4 is 5.73 Å². The molecule has 0 saturated heterocycles. The van der Waals surface area contributed by atoms with Crippen molar-refractivity contribution < 1.29 is 0 Å². The zero-order chi connectivity index (χ0) is 7.28. The maximum Gasteiger partial charge on any atom is 0.0354 e. The maximum absolute atomic E-state index is 5.61. The minimum Gasteiger partial charge on any atom is -0.324 e. The quantitative estimate of drug-likeness (QED) is 0.614. The molecule has 0 aromatic carbocycles. The number of thiol groups is 1. The van der Waals surface area contributed by atoms with Gasteiger partial charge in [-0.15, -0.1) is 12.6 Å². The highest BCUT2D eigenvalue weighted by Gasteiger charge is 2.00. The molecule has 3 heteroatoms. The molecule has 0 heterocycles. The molecule has 0 unspecified atom stereocenters. The molecule has 0 rings (SSSR count). The normalized spacial score (nSPS) is 13.2. The first kappa shape index (κ1) is 9.40. The summed E-state index contributed by atoms with van der Waals surface area (Å²) >= 11 is 5.83. The molecule has 0 aliphatic heterocycles. The van der Waals surface area contributed by atoms with Crippen LogP contribution in [0.5, 0.6) is 0 Å². The summed E-state index contributed by atoms with van der Waals surface area (Å²) in [5.74, 6) is 1.08. The maximum atomic E-state index is 5.61. The predicted octanol–water partition coefficient (Wildman–Crippen LogP) is 1.51. The van der Waals surface area contributed by atoms with Crippen molar-refractivity contribution in [2.75, 3.05) is 12.0 Å². The van der Waals surface area contributed by atoms with Crippen LogP contribution in [0.4, 0.5) is 0 Å². The van der Waals surface area contributed by atoms with Crippen molar-refractivity contribution in [2.24, 2.45) is 5.73 Å². The lowest BCUT2D eigenvalue weighted by molar-refractivity contribution is 0.784. The Balaban J connectivity index is 3.27. The number of thioether (sulfide) groups is 1. The van der Waals surface area contributed by atoms with E-state index in [2.05, 4.69) is 25.5 Å². The van der Waals surface area contributed by atoms with Crippen LogP contribution in [0.15, 0.2) is 11.5 Å². The summed E-state index contributed by atoms with van der Waals surface area (Å²) in [6.07, 6.45) is 3.04. The molecule has 0 amide bonds. The van der Waals surface area contributed by atoms with Crippen molar-refractivity contribution in [3.05, 3.63) is 11.5 Å². The summed E-state index contributed by atoms with van der Waals surface area (Å²) in [4.78, 5) is 0.782. The van der Waals surface area contributed by atoms with E-state index in [9.17, 15) is 0 Å². The Morgan fingerprint density at radius 2 is 2.44 bits per heavy atom. The lowest BCUT2D eigenvalue weighted by Gasteiger charge is -2.07. The summed E-state index contributed by atoms with van der Waals surface area (Å²) < 4.78 is 0. The van der Waals surface area contributed by atoms with Crippen LogP contribution in [-0.4, -0.2) is 18.1 Å². The summed E-state index contributed by atoms with van der Waals surface area (Å²) in [6.45, 7) is 3.64. The topological polar surface area (TPSA) is 26.0 Å². The van der Waals surface area contributed by atoms with Gasteiger partial charge < -0.3 is 5.73 Å². The van der Waals surface area contributed by atoms with Crippen LogP contribution >= 0.6 is 24.4 Å². The highest BCUT2D eigenvalue weighted by atomic mass is 32.2. The Labute approximate surface area is 66.5 Å². The fraction of sp³-hybridized carbons (Fsp3) is 0.667. The third-order valence-corrected chi connectivity index (χ3v) is 2.04. The van der Waals surface area contributed by atoms with Crippen molar-refractivity contribution in [2.45, 2.75) is 12.5 Å². The molecule has 1 nitrogen and oxygen atoms in total. The molecule has 0 aromatic heterocycles. The van der Waals surface area contributed by atoms with Gasteiger partial charge in [0.15, 0.2) is 0 Å². The smallest absolute Gasteiger partial charge is 0.0354 e. The van der Waals surface area contributed by atoms with E-state index in [1.54, 1.807) is 11.8 Å². The van der Waals surface area contributed by atoms with Gasteiger partial charge in [0.05, 0.1) is 0 Å². The standard InChI is InChI=1S/C6H13NS2/c1-5(8)6(7)3-4-9-2/h6,8H,1,3-4,7H2,2H3/t6-/m0/s1. The first-order valence-corrected chi connectivity index (χ1v) is 4.65. The Morgan fingerprint density at radius 3 is 2.78 bits per heavy atom. The number of nitrogens with two attached hydrogens (primary N) is 1. The van der Waals surface area contributed by atoms with E-state index in [1.165, 1.54) is 0 Å². The molecule has 0 radical (unpaired) electrons. The first-order chi connectivity index (χ1) is 4.18. The van der Waals surface area contributed by atoms with Crippen LogP contribution in [0.3, 0.4) is 0 Å². The second-order valence-corrected chi connectivity index (χ2v) is 3.44. The van der Waals surface area contributed by atoms with Gasteiger partial charge in [0.2, 0.25) is 0 Å². The molecular weight excluding hydrogens is 150 g/mol. The third-order valence-electron chi connectivity index (χ3n) is 1.06. The number of hydrogen-bond donors (Lipinski definition) is 2. The van der Waals surface area contributed by atoms with Crippen LogP contribution in [0.1, 0.15) is 6.42 Å². The molecular formula is C6H13NS2. The predicted molar refractivity (Wildman–Crippen MR) is 49.1 cm³/mol. The van der Waals surface area contributed by atoms with E-state index in [1.807, 2.05) is 0 Å². The van der Waals surface area contributed by atoms with E-state index in [0.29, 0.717) is 0 Å². The van der Waals surface area contributed by atoms with Crippen molar-refractivity contribution in [3.8, 4) is 0 Å². The minimum absolute atomic E-state index is 0.0702. The van der Waals surface area contributed by atoms with Crippen LogP contribution in [0.2, 0.25) is 0 Å². The zero-order valence-electron chi connectivity index (χ0n) is 5.63. The lowest BCUT2D eigenvalue weighted by Crippen LogP contribution is -2.20. The Morgan fingerprint density at radius 1 is 1.89 bits per heavy atom. The number of rotatable bonds is 4. The summed E-state index contributed by atoms with van der Waals surface area (Å²) in [7, 11) is 0. The molecule has 0 aliphatic carbocycles. The summed E-state index contributed by atoms with van der Waals surface area (Å²) in [6, 6.07) is 0.0702. The van der Waals surface area contributed by atoms with Gasteiger partial charge in [-0.2, -0.15) is 11.8 Å². The van der Waals surface area contributed by atoms with Gasteiger partial charge in [0, 0.05) is 6.04 Å². The Kier molecular flexibility index (Phi) is 5.44. The van der Waals surface area contributed by atoms with Gasteiger partial charge in [0.1, 0.15) is 0 Å². The molecule has 0 fully saturated rings. The van der Waals surface area contributed by atoms with E-state index in [4.69, 9.17) is 5.73 Å². The van der Waals surface area contributed by atoms with Crippen molar-refractivity contribution in [1.29, 1.82) is 0 Å². The molecule has 54 valence electrons. The number of hydrogen-bond acceptors (Lipinski definition) is 3. The molecule has 1 atom stereocenters. The van der Waals surface area contributed by atoms with E-state index in [0.717, 1.165) is 17.1 Å². The van der Waals surface area contributed by atoms with Gasteiger partial charge in [0.25, 0.3) is 0 Å². The molecule has 0 aromatic rings. The van der Waals surface area contributed by atoms with Crippen molar-refractivity contribution >= 4 is 24.4 Å². The first-order valence-electron chi connectivity index (χ1n) is 2.80. The molecule has 0 saturated carbocycles. The van der Waals surface area contributed by atoms with E-state index >= 15 is 0 Å². The molecule has 2 N–H and O–H groups in total. The molecule has 0 spiro atoms.